The zero-order valence-corrected chi connectivity index (χ0v) is 16.4. The summed E-state index contributed by atoms with van der Waals surface area (Å²) in [6, 6.07) is 27.3. The fraction of sp³-hybridized carbons (Fsp3) is 0.0769. The van der Waals surface area contributed by atoms with Crippen LogP contribution in [0.15, 0.2) is 100 Å². The third-order valence-electron chi connectivity index (χ3n) is 4.91. The molecule has 0 aliphatic rings. The number of aldehydes is 1. The van der Waals surface area contributed by atoms with E-state index in [0.717, 1.165) is 16.5 Å². The fourth-order valence-electron chi connectivity index (χ4n) is 3.51. The predicted molar refractivity (Wildman–Crippen MR) is 121 cm³/mol. The Balaban J connectivity index is 1.80. The van der Waals surface area contributed by atoms with Crippen molar-refractivity contribution in [3.8, 4) is 0 Å². The van der Waals surface area contributed by atoms with Crippen LogP contribution in [-0.4, -0.2) is 12.8 Å². The van der Waals surface area contributed by atoms with Crippen LogP contribution in [0.25, 0.3) is 17.0 Å². The van der Waals surface area contributed by atoms with Crippen molar-refractivity contribution in [1.29, 1.82) is 0 Å². The number of para-hydroxylation sites is 1. The lowest BCUT2D eigenvalue weighted by Crippen LogP contribution is -2.26. The number of hydrogen-bond acceptors (Lipinski definition) is 4. The van der Waals surface area contributed by atoms with Crippen molar-refractivity contribution >= 4 is 29.0 Å². The van der Waals surface area contributed by atoms with Gasteiger partial charge in [-0.15, -0.1) is 0 Å². The maximum atomic E-state index is 12.5. The summed E-state index contributed by atoms with van der Waals surface area (Å²) in [6.45, 7) is 1.08. The summed E-state index contributed by atoms with van der Waals surface area (Å²) in [7, 11) is 0. The van der Waals surface area contributed by atoms with Crippen molar-refractivity contribution < 1.29 is 9.21 Å². The second-order valence-corrected chi connectivity index (χ2v) is 6.94. The molecule has 0 amide bonds. The minimum Gasteiger partial charge on any atom is -0.422 e. The second kappa shape index (κ2) is 9.05. The van der Waals surface area contributed by atoms with E-state index in [4.69, 9.17) is 4.42 Å². The Bertz CT molecular complexity index is 1230. The molecule has 0 fully saturated rings. The quantitative estimate of drug-likeness (QED) is 0.314. The Labute approximate surface area is 174 Å². The summed E-state index contributed by atoms with van der Waals surface area (Å²) in [6.07, 6.45) is 4.66. The molecule has 4 heteroatoms. The van der Waals surface area contributed by atoms with Gasteiger partial charge in [-0.25, -0.2) is 4.79 Å². The van der Waals surface area contributed by atoms with Crippen molar-refractivity contribution in [3.05, 3.63) is 118 Å². The molecule has 0 aliphatic heterocycles. The van der Waals surface area contributed by atoms with Crippen LogP contribution in [0.4, 0.5) is 5.69 Å². The standard InChI is InChI=1S/C26H21NO3/c28-19-23-25(22-15-7-8-16-24(22)30-26(23)29)27(18-21-12-5-2-6-13-21)17-9-14-20-10-3-1-4-11-20/h1-16,19H,17-18H2/b14-9+. The van der Waals surface area contributed by atoms with E-state index in [1.165, 1.54) is 0 Å². The number of anilines is 1. The van der Waals surface area contributed by atoms with E-state index in [1.54, 1.807) is 6.07 Å². The summed E-state index contributed by atoms with van der Waals surface area (Å²) in [5.74, 6) is 0. The maximum Gasteiger partial charge on any atom is 0.349 e. The Morgan fingerprint density at radius 3 is 2.23 bits per heavy atom. The molecule has 1 heterocycles. The molecule has 4 aromatic rings. The molecule has 0 atom stereocenters. The topological polar surface area (TPSA) is 50.5 Å². The van der Waals surface area contributed by atoms with E-state index in [-0.39, 0.29) is 5.56 Å². The van der Waals surface area contributed by atoms with E-state index < -0.39 is 5.63 Å². The summed E-state index contributed by atoms with van der Waals surface area (Å²) >= 11 is 0. The first-order chi connectivity index (χ1) is 14.8. The van der Waals surface area contributed by atoms with Crippen LogP contribution in [-0.2, 0) is 6.54 Å². The number of carbonyl (C=O) groups excluding carboxylic acids is 1. The van der Waals surface area contributed by atoms with E-state index in [0.29, 0.717) is 30.6 Å². The van der Waals surface area contributed by atoms with Gasteiger partial charge in [-0.1, -0.05) is 84.9 Å². The van der Waals surface area contributed by atoms with Gasteiger partial charge in [-0.2, -0.15) is 0 Å². The van der Waals surface area contributed by atoms with Crippen molar-refractivity contribution in [2.75, 3.05) is 11.4 Å². The average molecular weight is 395 g/mol. The summed E-state index contributed by atoms with van der Waals surface area (Å²) in [5.41, 5.74) is 2.65. The highest BCUT2D eigenvalue weighted by Gasteiger charge is 2.19. The fourth-order valence-corrected chi connectivity index (χ4v) is 3.51. The molecule has 4 nitrogen and oxygen atoms in total. The van der Waals surface area contributed by atoms with Gasteiger partial charge in [0, 0.05) is 18.5 Å². The molecule has 0 saturated heterocycles. The first-order valence-corrected chi connectivity index (χ1v) is 9.78. The van der Waals surface area contributed by atoms with Crippen molar-refractivity contribution in [2.24, 2.45) is 0 Å². The molecule has 1 aromatic heterocycles. The van der Waals surface area contributed by atoms with Gasteiger partial charge in [0.05, 0.1) is 5.69 Å². The first-order valence-electron chi connectivity index (χ1n) is 9.78. The molecule has 0 N–H and O–H groups in total. The normalized spacial score (nSPS) is 11.1. The monoisotopic (exact) mass is 395 g/mol. The molecule has 0 unspecified atom stereocenters. The van der Waals surface area contributed by atoms with Crippen LogP contribution >= 0.6 is 0 Å². The summed E-state index contributed by atoms with van der Waals surface area (Å²) in [5, 5.41) is 0.739. The Kier molecular flexibility index (Phi) is 5.85. The third-order valence-corrected chi connectivity index (χ3v) is 4.91. The molecule has 3 aromatic carbocycles. The molecule has 4 rings (SSSR count). The molecule has 148 valence electrons. The molecule has 0 radical (unpaired) electrons. The van der Waals surface area contributed by atoms with Gasteiger partial charge in [-0.05, 0) is 23.3 Å². The summed E-state index contributed by atoms with van der Waals surface area (Å²) in [4.78, 5) is 26.4. The van der Waals surface area contributed by atoms with Crippen LogP contribution in [0.3, 0.4) is 0 Å². The van der Waals surface area contributed by atoms with Crippen molar-refractivity contribution in [2.45, 2.75) is 6.54 Å². The van der Waals surface area contributed by atoms with Crippen LogP contribution in [0.2, 0.25) is 0 Å². The molecule has 0 spiro atoms. The lowest BCUT2D eigenvalue weighted by Gasteiger charge is -2.26. The Hall–Kier alpha value is -3.92. The zero-order valence-electron chi connectivity index (χ0n) is 16.4. The van der Waals surface area contributed by atoms with E-state index >= 15 is 0 Å². The molecular weight excluding hydrogens is 374 g/mol. The van der Waals surface area contributed by atoms with Gasteiger partial charge in [0.15, 0.2) is 6.29 Å². The molecule has 0 aliphatic carbocycles. The number of rotatable bonds is 7. The lowest BCUT2D eigenvalue weighted by molar-refractivity contribution is 0.112. The largest absolute Gasteiger partial charge is 0.422 e. The predicted octanol–water partition coefficient (Wildman–Crippen LogP) is 5.33. The zero-order chi connectivity index (χ0) is 20.8. The highest BCUT2D eigenvalue weighted by atomic mass is 16.4. The maximum absolute atomic E-state index is 12.5. The van der Waals surface area contributed by atoms with Crippen molar-refractivity contribution in [3.63, 3.8) is 0 Å². The molecule has 0 bridgehead atoms. The average Bonchev–Trinajstić information content (AvgIpc) is 2.79. The van der Waals surface area contributed by atoms with E-state index in [9.17, 15) is 9.59 Å². The van der Waals surface area contributed by atoms with Crippen LogP contribution in [0.5, 0.6) is 0 Å². The van der Waals surface area contributed by atoms with E-state index in [2.05, 4.69) is 0 Å². The SMILES string of the molecule is O=Cc1c(N(C/C=C/c2ccccc2)Cc2ccccc2)c2ccccc2oc1=O. The number of carbonyl (C=O) groups is 1. The van der Waals surface area contributed by atoms with Gasteiger partial charge in [0.1, 0.15) is 11.1 Å². The van der Waals surface area contributed by atoms with Crippen LogP contribution in [0, 0.1) is 0 Å². The molecule has 30 heavy (non-hydrogen) atoms. The Morgan fingerprint density at radius 1 is 0.833 bits per heavy atom. The van der Waals surface area contributed by atoms with Gasteiger partial charge < -0.3 is 9.32 Å². The van der Waals surface area contributed by atoms with Gasteiger partial charge in [0.2, 0.25) is 0 Å². The number of nitrogens with zero attached hydrogens (tertiary/aromatic N) is 1. The summed E-state index contributed by atoms with van der Waals surface area (Å²) < 4.78 is 5.37. The third kappa shape index (κ3) is 4.23. The first kappa shape index (κ1) is 19.4. The molecule has 0 saturated carbocycles. The Morgan fingerprint density at radius 2 is 1.50 bits per heavy atom. The van der Waals surface area contributed by atoms with Crippen LogP contribution < -0.4 is 10.5 Å². The number of hydrogen-bond donors (Lipinski definition) is 0. The van der Waals surface area contributed by atoms with Crippen molar-refractivity contribution in [1.82, 2.24) is 0 Å². The molecular formula is C26H21NO3. The van der Waals surface area contributed by atoms with Gasteiger partial charge >= 0.3 is 5.63 Å². The van der Waals surface area contributed by atoms with E-state index in [1.807, 2.05) is 95.9 Å². The minimum absolute atomic E-state index is 0.0396. The van der Waals surface area contributed by atoms with Crippen LogP contribution in [0.1, 0.15) is 21.5 Å². The highest BCUT2D eigenvalue weighted by molar-refractivity contribution is 5.99. The second-order valence-electron chi connectivity index (χ2n) is 6.94. The minimum atomic E-state index is -0.621. The number of fused-ring (bicyclic) bond motifs is 1. The number of benzene rings is 3. The highest BCUT2D eigenvalue weighted by Crippen LogP contribution is 2.29. The van der Waals surface area contributed by atoms with Gasteiger partial charge in [0.25, 0.3) is 0 Å². The smallest absolute Gasteiger partial charge is 0.349 e. The lowest BCUT2D eigenvalue weighted by atomic mass is 10.1. The van der Waals surface area contributed by atoms with Gasteiger partial charge in [-0.3, -0.25) is 4.79 Å².